The number of hydrogen-bond acceptors (Lipinski definition) is 7. The maximum atomic E-state index is 13.1. The molecule has 1 spiro atoms. The van der Waals surface area contributed by atoms with Crippen molar-refractivity contribution < 1.29 is 24.2 Å². The molecule has 0 aliphatic carbocycles. The molecule has 3 fully saturated rings. The minimum atomic E-state index is -0.490. The van der Waals surface area contributed by atoms with E-state index in [1.54, 1.807) is 53.7 Å². The van der Waals surface area contributed by atoms with Crippen LogP contribution in [0.15, 0.2) is 48.8 Å². The number of aliphatic hydroxyl groups excluding tert-OH is 1. The fourth-order valence-corrected chi connectivity index (χ4v) is 5.41. The summed E-state index contributed by atoms with van der Waals surface area (Å²) in [4.78, 5) is 48.0. The number of hydrogen-bond donors (Lipinski definition) is 1. The van der Waals surface area contributed by atoms with Crippen molar-refractivity contribution in [1.82, 2.24) is 19.7 Å². The van der Waals surface area contributed by atoms with Crippen LogP contribution in [0.1, 0.15) is 37.5 Å². The van der Waals surface area contributed by atoms with Gasteiger partial charge in [0.25, 0.3) is 11.8 Å². The summed E-state index contributed by atoms with van der Waals surface area (Å²) < 4.78 is 4.75. The van der Waals surface area contributed by atoms with E-state index >= 15 is 0 Å². The first-order valence-electron chi connectivity index (χ1n) is 11.0. The average Bonchev–Trinajstić information content (AvgIpc) is 3.21. The molecular weight excluding hydrogens is 424 g/mol. The predicted octanol–water partition coefficient (Wildman–Crippen LogP) is 0.654. The van der Waals surface area contributed by atoms with Crippen LogP contribution >= 0.6 is 0 Å². The van der Waals surface area contributed by atoms with Crippen LogP contribution in [0, 0.1) is 0 Å². The second-order valence-corrected chi connectivity index (χ2v) is 9.08. The van der Waals surface area contributed by atoms with Gasteiger partial charge in [0.05, 0.1) is 29.9 Å². The highest BCUT2D eigenvalue weighted by Gasteiger charge is 2.57. The molecule has 2 amide bonds. The second kappa shape index (κ2) is 8.24. The van der Waals surface area contributed by atoms with Crippen molar-refractivity contribution in [2.24, 2.45) is 0 Å². The average molecular weight is 450 g/mol. The minimum absolute atomic E-state index is 0.0503. The van der Waals surface area contributed by atoms with Gasteiger partial charge in [-0.05, 0) is 36.8 Å². The maximum absolute atomic E-state index is 13.1. The fraction of sp³-hybridized carbons (Fsp3) is 0.417. The SMILES string of the molecule is COC(=O)c1cccc(C(=O)N2CC3(CN(C(=O)c4cccnc4)C[C@@H]4C[C@@H](O)CN43)C2)c1. The van der Waals surface area contributed by atoms with Gasteiger partial charge in [-0.15, -0.1) is 0 Å². The molecular formula is C24H26N4O5. The predicted molar refractivity (Wildman–Crippen MR) is 118 cm³/mol. The van der Waals surface area contributed by atoms with Gasteiger partial charge in [0.15, 0.2) is 0 Å². The number of rotatable bonds is 3. The zero-order valence-corrected chi connectivity index (χ0v) is 18.4. The molecule has 9 heteroatoms. The number of esters is 1. The van der Waals surface area contributed by atoms with Crippen LogP contribution in [-0.4, -0.2) is 100 Å². The summed E-state index contributed by atoms with van der Waals surface area (Å²) in [5, 5.41) is 10.3. The number of ether oxygens (including phenoxy) is 1. The molecule has 1 aromatic carbocycles. The molecule has 172 valence electrons. The Hall–Kier alpha value is -3.30. The van der Waals surface area contributed by atoms with Gasteiger partial charge in [-0.3, -0.25) is 19.5 Å². The highest BCUT2D eigenvalue weighted by molar-refractivity contribution is 5.98. The van der Waals surface area contributed by atoms with Gasteiger partial charge >= 0.3 is 5.97 Å². The molecule has 0 bridgehead atoms. The van der Waals surface area contributed by atoms with Crippen molar-refractivity contribution >= 4 is 17.8 Å². The van der Waals surface area contributed by atoms with E-state index < -0.39 is 17.6 Å². The summed E-state index contributed by atoms with van der Waals surface area (Å²) in [6.07, 6.45) is 3.36. The molecule has 0 radical (unpaired) electrons. The Morgan fingerprint density at radius 2 is 1.70 bits per heavy atom. The molecule has 1 aromatic heterocycles. The zero-order valence-electron chi connectivity index (χ0n) is 18.4. The van der Waals surface area contributed by atoms with Crippen LogP contribution in [0.3, 0.4) is 0 Å². The smallest absolute Gasteiger partial charge is 0.337 e. The van der Waals surface area contributed by atoms with Crippen LogP contribution in [0.2, 0.25) is 0 Å². The number of amides is 2. The lowest BCUT2D eigenvalue weighted by Gasteiger charge is -2.60. The number of β-amino-alcohol motifs (C(OH)–C–C–N with tert-alkyl or cyclic N) is 1. The van der Waals surface area contributed by atoms with Crippen molar-refractivity contribution in [3.05, 3.63) is 65.5 Å². The number of piperazine rings is 1. The van der Waals surface area contributed by atoms with Gasteiger partial charge in [0, 0.05) is 56.7 Å². The quantitative estimate of drug-likeness (QED) is 0.685. The van der Waals surface area contributed by atoms with E-state index in [0.29, 0.717) is 55.8 Å². The largest absolute Gasteiger partial charge is 0.465 e. The summed E-state index contributed by atoms with van der Waals surface area (Å²) in [6.45, 7) is 2.47. The number of methoxy groups -OCH3 is 1. The third-order valence-corrected chi connectivity index (χ3v) is 6.90. The van der Waals surface area contributed by atoms with Gasteiger partial charge < -0.3 is 19.6 Å². The third-order valence-electron chi connectivity index (χ3n) is 6.90. The van der Waals surface area contributed by atoms with E-state index in [1.807, 2.05) is 4.90 Å². The molecule has 3 aliphatic rings. The van der Waals surface area contributed by atoms with E-state index in [-0.39, 0.29) is 17.9 Å². The zero-order chi connectivity index (χ0) is 23.2. The summed E-state index contributed by atoms with van der Waals surface area (Å²) in [5.41, 5.74) is 0.886. The molecule has 2 aromatic rings. The van der Waals surface area contributed by atoms with E-state index in [9.17, 15) is 19.5 Å². The summed E-state index contributed by atoms with van der Waals surface area (Å²) in [6, 6.07) is 10.0. The summed E-state index contributed by atoms with van der Waals surface area (Å²) >= 11 is 0. The first-order chi connectivity index (χ1) is 15.9. The van der Waals surface area contributed by atoms with Gasteiger partial charge in [-0.25, -0.2) is 4.79 Å². The Morgan fingerprint density at radius 3 is 2.42 bits per heavy atom. The number of pyridine rings is 1. The number of carbonyl (C=O) groups is 3. The number of fused-ring (bicyclic) bond motifs is 2. The lowest BCUT2D eigenvalue weighted by atomic mass is 9.83. The van der Waals surface area contributed by atoms with Crippen molar-refractivity contribution in [1.29, 1.82) is 0 Å². The highest BCUT2D eigenvalue weighted by Crippen LogP contribution is 2.39. The van der Waals surface area contributed by atoms with Crippen molar-refractivity contribution in [2.75, 3.05) is 39.8 Å². The van der Waals surface area contributed by atoms with Gasteiger partial charge in [-0.1, -0.05) is 6.07 Å². The molecule has 33 heavy (non-hydrogen) atoms. The lowest BCUT2D eigenvalue weighted by Crippen LogP contribution is -2.79. The highest BCUT2D eigenvalue weighted by atomic mass is 16.5. The first kappa shape index (κ1) is 21.5. The summed E-state index contributed by atoms with van der Waals surface area (Å²) in [7, 11) is 1.30. The lowest BCUT2D eigenvalue weighted by molar-refractivity contribution is -0.0917. The van der Waals surface area contributed by atoms with Crippen LogP contribution in [-0.2, 0) is 4.74 Å². The van der Waals surface area contributed by atoms with Gasteiger partial charge in [0.1, 0.15) is 0 Å². The number of aliphatic hydroxyl groups is 1. The Labute approximate surface area is 191 Å². The number of nitrogens with zero attached hydrogens (tertiary/aromatic N) is 4. The van der Waals surface area contributed by atoms with E-state index in [1.165, 1.54) is 7.11 Å². The number of aromatic nitrogens is 1. The third kappa shape index (κ3) is 3.77. The topological polar surface area (TPSA) is 103 Å². The van der Waals surface area contributed by atoms with Crippen molar-refractivity contribution in [3.63, 3.8) is 0 Å². The van der Waals surface area contributed by atoms with E-state index in [2.05, 4.69) is 9.88 Å². The first-order valence-corrected chi connectivity index (χ1v) is 11.0. The standard InChI is InChI=1S/C24H26N4O5/c1-33-23(32)17-5-2-4-16(8-17)21(30)27-14-24(15-27)13-26(11-19-9-20(29)12-28(19)24)22(31)18-6-3-7-25-10-18/h2-8,10,19-20,29H,9,11-15H2,1H3/t19-,20+/m0/s1. The second-order valence-electron chi connectivity index (χ2n) is 9.08. The Kier molecular flexibility index (Phi) is 5.38. The van der Waals surface area contributed by atoms with Crippen molar-refractivity contribution in [2.45, 2.75) is 24.1 Å². The van der Waals surface area contributed by atoms with Crippen molar-refractivity contribution in [3.8, 4) is 0 Å². The minimum Gasteiger partial charge on any atom is -0.465 e. The van der Waals surface area contributed by atoms with Crippen LogP contribution in [0.5, 0.6) is 0 Å². The van der Waals surface area contributed by atoms with Gasteiger partial charge in [0.2, 0.25) is 0 Å². The molecule has 2 atom stereocenters. The molecule has 3 aliphatic heterocycles. The summed E-state index contributed by atoms with van der Waals surface area (Å²) in [5.74, 6) is -0.743. The normalized spacial score (nSPS) is 23.7. The van der Waals surface area contributed by atoms with E-state index in [4.69, 9.17) is 4.74 Å². The Balaban J connectivity index is 1.35. The van der Waals surface area contributed by atoms with Crippen LogP contribution < -0.4 is 0 Å². The monoisotopic (exact) mass is 450 g/mol. The maximum Gasteiger partial charge on any atom is 0.337 e. The fourth-order valence-electron chi connectivity index (χ4n) is 5.41. The molecule has 1 N–H and O–H groups in total. The Morgan fingerprint density at radius 1 is 1.00 bits per heavy atom. The van der Waals surface area contributed by atoms with E-state index in [0.717, 1.165) is 0 Å². The molecule has 0 saturated carbocycles. The van der Waals surface area contributed by atoms with Crippen LogP contribution in [0.4, 0.5) is 0 Å². The van der Waals surface area contributed by atoms with Crippen LogP contribution in [0.25, 0.3) is 0 Å². The molecule has 9 nitrogen and oxygen atoms in total. The van der Waals surface area contributed by atoms with Gasteiger partial charge in [-0.2, -0.15) is 0 Å². The number of likely N-dealkylation sites (tertiary alicyclic amines) is 1. The Bertz CT molecular complexity index is 1090. The molecule has 3 saturated heterocycles. The number of carbonyl (C=O) groups excluding carboxylic acids is 3. The molecule has 4 heterocycles. The number of benzene rings is 1. The molecule has 5 rings (SSSR count). The molecule has 0 unspecified atom stereocenters.